The Morgan fingerprint density at radius 2 is 2.08 bits per heavy atom. The number of benzene rings is 1. The van der Waals surface area contributed by atoms with Gasteiger partial charge in [-0.15, -0.1) is 0 Å². The van der Waals surface area contributed by atoms with Crippen LogP contribution in [-0.4, -0.2) is 41.0 Å². The first-order chi connectivity index (χ1) is 12.6. The number of aromatic nitrogens is 2. The summed E-state index contributed by atoms with van der Waals surface area (Å²) in [6.45, 7) is 2.68. The van der Waals surface area contributed by atoms with Gasteiger partial charge in [-0.2, -0.15) is 0 Å². The maximum absolute atomic E-state index is 12.2. The molecule has 2 amide bonds. The third kappa shape index (κ3) is 5.00. The highest BCUT2D eigenvalue weighted by Gasteiger charge is 2.17. The fraction of sp³-hybridized carbons (Fsp3) is 0.333. The van der Waals surface area contributed by atoms with Gasteiger partial charge in [0.1, 0.15) is 17.8 Å². The standard InChI is InChI=1S/C18H21N5O3/c1-12(24)22-13-4-2-5-14(8-13)23-17-9-16(20-11-21-17)18(25)19-10-15-6-3-7-26-15/h2,4-5,8-9,11,15H,3,6-7,10H2,1H3,(H,19,25)(H,22,24)(H,20,21,23). The molecule has 3 N–H and O–H groups in total. The van der Waals surface area contributed by atoms with Gasteiger partial charge in [0.05, 0.1) is 6.10 Å². The van der Waals surface area contributed by atoms with Crippen molar-refractivity contribution < 1.29 is 14.3 Å². The van der Waals surface area contributed by atoms with Gasteiger partial charge in [0.15, 0.2) is 0 Å². The third-order valence-electron chi connectivity index (χ3n) is 3.87. The number of anilines is 3. The molecule has 0 bridgehead atoms. The van der Waals surface area contributed by atoms with Crippen LogP contribution in [0.3, 0.4) is 0 Å². The van der Waals surface area contributed by atoms with Gasteiger partial charge in [-0.05, 0) is 31.0 Å². The first-order valence-corrected chi connectivity index (χ1v) is 8.47. The van der Waals surface area contributed by atoms with Crippen LogP contribution in [0.4, 0.5) is 17.2 Å². The fourth-order valence-corrected chi connectivity index (χ4v) is 2.68. The summed E-state index contributed by atoms with van der Waals surface area (Å²) in [6, 6.07) is 8.79. The van der Waals surface area contributed by atoms with Crippen molar-refractivity contribution in [3.05, 3.63) is 42.4 Å². The number of hydrogen-bond acceptors (Lipinski definition) is 6. The van der Waals surface area contributed by atoms with Gasteiger partial charge in [-0.1, -0.05) is 6.07 Å². The van der Waals surface area contributed by atoms with E-state index in [1.807, 2.05) is 12.1 Å². The maximum atomic E-state index is 12.2. The highest BCUT2D eigenvalue weighted by molar-refractivity contribution is 5.93. The molecule has 1 atom stereocenters. The van der Waals surface area contributed by atoms with Crippen molar-refractivity contribution in [1.29, 1.82) is 0 Å². The number of rotatable bonds is 6. The Labute approximate surface area is 151 Å². The SMILES string of the molecule is CC(=O)Nc1cccc(Nc2cc(C(=O)NCC3CCCO3)ncn2)c1. The Morgan fingerprint density at radius 3 is 2.85 bits per heavy atom. The second-order valence-electron chi connectivity index (χ2n) is 6.02. The Bertz CT molecular complexity index is 790. The number of carbonyl (C=O) groups excluding carboxylic acids is 2. The molecule has 0 radical (unpaired) electrons. The van der Waals surface area contributed by atoms with E-state index >= 15 is 0 Å². The molecule has 1 aliphatic heterocycles. The molecular formula is C18H21N5O3. The van der Waals surface area contributed by atoms with E-state index in [1.165, 1.54) is 13.3 Å². The topological polar surface area (TPSA) is 105 Å². The molecule has 136 valence electrons. The normalized spacial score (nSPS) is 16.1. The summed E-state index contributed by atoms with van der Waals surface area (Å²) in [5.41, 5.74) is 1.69. The van der Waals surface area contributed by atoms with Crippen molar-refractivity contribution >= 4 is 29.0 Å². The third-order valence-corrected chi connectivity index (χ3v) is 3.87. The average molecular weight is 355 g/mol. The number of hydrogen-bond donors (Lipinski definition) is 3. The van der Waals surface area contributed by atoms with Crippen LogP contribution in [0.15, 0.2) is 36.7 Å². The molecule has 26 heavy (non-hydrogen) atoms. The maximum Gasteiger partial charge on any atom is 0.270 e. The zero-order valence-electron chi connectivity index (χ0n) is 14.5. The summed E-state index contributed by atoms with van der Waals surface area (Å²) in [7, 11) is 0. The molecule has 0 aliphatic carbocycles. The Morgan fingerprint density at radius 1 is 1.23 bits per heavy atom. The Kier molecular flexibility index (Phi) is 5.75. The lowest BCUT2D eigenvalue weighted by molar-refractivity contribution is -0.114. The molecule has 8 nitrogen and oxygen atoms in total. The highest BCUT2D eigenvalue weighted by Crippen LogP contribution is 2.19. The molecule has 0 saturated carbocycles. The molecule has 1 aromatic carbocycles. The minimum absolute atomic E-state index is 0.0786. The number of amides is 2. The van der Waals surface area contributed by atoms with Crippen molar-refractivity contribution in [1.82, 2.24) is 15.3 Å². The van der Waals surface area contributed by atoms with Crippen molar-refractivity contribution in [2.45, 2.75) is 25.9 Å². The summed E-state index contributed by atoms with van der Waals surface area (Å²) in [5.74, 6) is 0.0783. The van der Waals surface area contributed by atoms with E-state index in [0.29, 0.717) is 18.1 Å². The quantitative estimate of drug-likeness (QED) is 0.733. The van der Waals surface area contributed by atoms with Crippen molar-refractivity contribution in [2.24, 2.45) is 0 Å². The van der Waals surface area contributed by atoms with E-state index in [0.717, 1.165) is 25.1 Å². The average Bonchev–Trinajstić information content (AvgIpc) is 3.13. The van der Waals surface area contributed by atoms with E-state index < -0.39 is 0 Å². The van der Waals surface area contributed by atoms with Gasteiger partial charge < -0.3 is 20.7 Å². The summed E-state index contributed by atoms with van der Waals surface area (Å²) >= 11 is 0. The Balaban J connectivity index is 1.63. The van der Waals surface area contributed by atoms with Crippen LogP contribution in [0.25, 0.3) is 0 Å². The molecule has 0 spiro atoms. The van der Waals surface area contributed by atoms with E-state index in [-0.39, 0.29) is 23.6 Å². The Hall–Kier alpha value is -3.00. The van der Waals surface area contributed by atoms with Crippen LogP contribution >= 0.6 is 0 Å². The molecule has 2 heterocycles. The van der Waals surface area contributed by atoms with E-state index in [2.05, 4.69) is 25.9 Å². The molecule has 1 unspecified atom stereocenters. The zero-order valence-corrected chi connectivity index (χ0v) is 14.5. The van der Waals surface area contributed by atoms with E-state index in [1.54, 1.807) is 18.2 Å². The van der Waals surface area contributed by atoms with Gasteiger partial charge in [0, 0.05) is 37.5 Å². The summed E-state index contributed by atoms with van der Waals surface area (Å²) in [6.07, 6.45) is 3.40. The first kappa shape index (κ1) is 17.8. The molecule has 1 saturated heterocycles. The molecule has 8 heteroatoms. The van der Waals surface area contributed by atoms with Crippen LogP contribution in [-0.2, 0) is 9.53 Å². The van der Waals surface area contributed by atoms with Gasteiger partial charge in [0.2, 0.25) is 5.91 Å². The van der Waals surface area contributed by atoms with Gasteiger partial charge in [-0.3, -0.25) is 9.59 Å². The van der Waals surface area contributed by atoms with Gasteiger partial charge >= 0.3 is 0 Å². The van der Waals surface area contributed by atoms with Crippen LogP contribution in [0, 0.1) is 0 Å². The summed E-state index contributed by atoms with van der Waals surface area (Å²) in [5, 5.41) is 8.65. The molecular weight excluding hydrogens is 334 g/mol. The predicted octanol–water partition coefficient (Wildman–Crippen LogP) is 2.09. The monoisotopic (exact) mass is 355 g/mol. The minimum Gasteiger partial charge on any atom is -0.376 e. The lowest BCUT2D eigenvalue weighted by Crippen LogP contribution is -2.32. The first-order valence-electron chi connectivity index (χ1n) is 8.47. The van der Waals surface area contributed by atoms with Crippen LogP contribution in [0.5, 0.6) is 0 Å². The highest BCUT2D eigenvalue weighted by atomic mass is 16.5. The summed E-state index contributed by atoms with van der Waals surface area (Å²) < 4.78 is 5.49. The number of carbonyl (C=O) groups is 2. The smallest absolute Gasteiger partial charge is 0.270 e. The molecule has 3 rings (SSSR count). The largest absolute Gasteiger partial charge is 0.376 e. The van der Waals surface area contributed by atoms with Gasteiger partial charge in [-0.25, -0.2) is 9.97 Å². The second kappa shape index (κ2) is 8.39. The number of ether oxygens (including phenoxy) is 1. The molecule has 2 aromatic rings. The van der Waals surface area contributed by atoms with Crippen molar-refractivity contribution in [2.75, 3.05) is 23.8 Å². The van der Waals surface area contributed by atoms with Crippen LogP contribution in [0.1, 0.15) is 30.3 Å². The van der Waals surface area contributed by atoms with Crippen LogP contribution in [0.2, 0.25) is 0 Å². The number of nitrogens with zero attached hydrogens (tertiary/aromatic N) is 2. The lowest BCUT2D eigenvalue weighted by Gasteiger charge is -2.11. The zero-order chi connectivity index (χ0) is 18.4. The van der Waals surface area contributed by atoms with Crippen molar-refractivity contribution in [3.63, 3.8) is 0 Å². The molecule has 1 fully saturated rings. The lowest BCUT2D eigenvalue weighted by atomic mass is 10.2. The summed E-state index contributed by atoms with van der Waals surface area (Å²) in [4.78, 5) is 31.6. The van der Waals surface area contributed by atoms with Gasteiger partial charge in [0.25, 0.3) is 5.91 Å². The van der Waals surface area contributed by atoms with Crippen molar-refractivity contribution in [3.8, 4) is 0 Å². The molecule has 1 aromatic heterocycles. The number of nitrogens with one attached hydrogen (secondary N) is 3. The second-order valence-corrected chi connectivity index (χ2v) is 6.02. The minimum atomic E-state index is -0.266. The van der Waals surface area contributed by atoms with E-state index in [4.69, 9.17) is 4.74 Å². The van der Waals surface area contributed by atoms with E-state index in [9.17, 15) is 9.59 Å². The molecule has 1 aliphatic rings. The predicted molar refractivity (Wildman–Crippen MR) is 97.4 cm³/mol. The fourth-order valence-electron chi connectivity index (χ4n) is 2.68. The van der Waals surface area contributed by atoms with Crippen LogP contribution < -0.4 is 16.0 Å².